The van der Waals surface area contributed by atoms with E-state index in [0.29, 0.717) is 23.7 Å². The highest BCUT2D eigenvalue weighted by atomic mass is 16.5. The molecule has 0 amide bonds. The third kappa shape index (κ3) is 2.63. The number of carbonyl (C=O) groups is 1. The van der Waals surface area contributed by atoms with E-state index < -0.39 is 5.97 Å². The highest BCUT2D eigenvalue weighted by Crippen LogP contribution is 2.30. The monoisotopic (exact) mass is 265 g/mol. The standard InChI is InChI=1S/C13H19N3O3/c1-2-19-13(18)10-5-6-15-12(11(10)14)16-7-3-4-9(16)8-17/h5-6,9,17H,2-4,7-8,14H2,1H3. The van der Waals surface area contributed by atoms with Crippen molar-refractivity contribution >= 4 is 17.5 Å². The normalized spacial score (nSPS) is 18.6. The van der Waals surface area contributed by atoms with Gasteiger partial charge < -0.3 is 20.5 Å². The van der Waals surface area contributed by atoms with E-state index in [1.54, 1.807) is 19.2 Å². The van der Waals surface area contributed by atoms with Crippen LogP contribution in [-0.2, 0) is 4.74 Å². The first-order valence-electron chi connectivity index (χ1n) is 6.48. The lowest BCUT2D eigenvalue weighted by atomic mass is 10.2. The summed E-state index contributed by atoms with van der Waals surface area (Å²) in [5.74, 6) is 0.116. The average Bonchev–Trinajstić information content (AvgIpc) is 2.87. The van der Waals surface area contributed by atoms with Crippen molar-refractivity contribution < 1.29 is 14.6 Å². The van der Waals surface area contributed by atoms with Crippen LogP contribution in [0.25, 0.3) is 0 Å². The van der Waals surface area contributed by atoms with Crippen LogP contribution in [0, 0.1) is 0 Å². The number of aliphatic hydroxyl groups excluding tert-OH is 1. The minimum Gasteiger partial charge on any atom is -0.462 e. The van der Waals surface area contributed by atoms with Crippen molar-refractivity contribution in [1.29, 1.82) is 0 Å². The lowest BCUT2D eigenvalue weighted by Gasteiger charge is -2.25. The second-order valence-electron chi connectivity index (χ2n) is 4.49. The van der Waals surface area contributed by atoms with E-state index in [0.717, 1.165) is 19.4 Å². The molecule has 1 unspecified atom stereocenters. The van der Waals surface area contributed by atoms with Crippen molar-refractivity contribution in [2.45, 2.75) is 25.8 Å². The summed E-state index contributed by atoms with van der Waals surface area (Å²) < 4.78 is 4.96. The summed E-state index contributed by atoms with van der Waals surface area (Å²) in [7, 11) is 0. The molecule has 0 saturated carbocycles. The highest BCUT2D eigenvalue weighted by molar-refractivity contribution is 5.97. The van der Waals surface area contributed by atoms with E-state index in [1.165, 1.54) is 0 Å². The number of ether oxygens (including phenoxy) is 1. The van der Waals surface area contributed by atoms with Gasteiger partial charge in [0, 0.05) is 12.7 Å². The van der Waals surface area contributed by atoms with Gasteiger partial charge in [0.2, 0.25) is 0 Å². The van der Waals surface area contributed by atoms with E-state index in [-0.39, 0.29) is 12.6 Å². The van der Waals surface area contributed by atoms with Gasteiger partial charge in [-0.2, -0.15) is 0 Å². The van der Waals surface area contributed by atoms with E-state index in [2.05, 4.69) is 4.98 Å². The van der Waals surface area contributed by atoms with Crippen molar-refractivity contribution in [3.8, 4) is 0 Å². The Labute approximate surface area is 112 Å². The summed E-state index contributed by atoms with van der Waals surface area (Å²) in [5, 5.41) is 9.35. The summed E-state index contributed by atoms with van der Waals surface area (Å²) in [6.45, 7) is 2.90. The Morgan fingerprint density at radius 1 is 1.68 bits per heavy atom. The fourth-order valence-electron chi connectivity index (χ4n) is 2.38. The lowest BCUT2D eigenvalue weighted by Crippen LogP contribution is -2.33. The van der Waals surface area contributed by atoms with Crippen LogP contribution in [0.5, 0.6) is 0 Å². The van der Waals surface area contributed by atoms with Crippen LogP contribution in [0.4, 0.5) is 11.5 Å². The van der Waals surface area contributed by atoms with Crippen LogP contribution < -0.4 is 10.6 Å². The maximum Gasteiger partial charge on any atom is 0.340 e. The van der Waals surface area contributed by atoms with Crippen LogP contribution in [0.3, 0.4) is 0 Å². The van der Waals surface area contributed by atoms with Gasteiger partial charge in [-0.3, -0.25) is 0 Å². The van der Waals surface area contributed by atoms with Crippen molar-refractivity contribution in [2.24, 2.45) is 0 Å². The zero-order valence-corrected chi connectivity index (χ0v) is 11.0. The molecule has 1 aliphatic rings. The molecule has 19 heavy (non-hydrogen) atoms. The molecule has 1 aromatic rings. The molecule has 1 aromatic heterocycles. The zero-order valence-electron chi connectivity index (χ0n) is 11.0. The number of carbonyl (C=O) groups excluding carboxylic acids is 1. The molecular formula is C13H19N3O3. The van der Waals surface area contributed by atoms with Crippen molar-refractivity contribution in [3.63, 3.8) is 0 Å². The fourth-order valence-corrected chi connectivity index (χ4v) is 2.38. The highest BCUT2D eigenvalue weighted by Gasteiger charge is 2.28. The SMILES string of the molecule is CCOC(=O)c1ccnc(N2CCCC2CO)c1N. The minimum absolute atomic E-state index is 0.0206. The van der Waals surface area contributed by atoms with Gasteiger partial charge in [0.15, 0.2) is 5.82 Å². The van der Waals surface area contributed by atoms with Gasteiger partial charge in [-0.1, -0.05) is 0 Å². The predicted molar refractivity (Wildman–Crippen MR) is 72.1 cm³/mol. The molecular weight excluding hydrogens is 246 g/mol. The Balaban J connectivity index is 2.31. The van der Waals surface area contributed by atoms with Crippen molar-refractivity contribution in [1.82, 2.24) is 4.98 Å². The topological polar surface area (TPSA) is 88.7 Å². The second kappa shape index (κ2) is 5.88. The molecule has 2 rings (SSSR count). The Morgan fingerprint density at radius 3 is 3.16 bits per heavy atom. The molecule has 0 spiro atoms. The van der Waals surface area contributed by atoms with Crippen LogP contribution in [0.2, 0.25) is 0 Å². The van der Waals surface area contributed by atoms with E-state index in [1.807, 2.05) is 4.90 Å². The Morgan fingerprint density at radius 2 is 2.47 bits per heavy atom. The lowest BCUT2D eigenvalue weighted by molar-refractivity contribution is 0.0527. The van der Waals surface area contributed by atoms with Crippen LogP contribution in [0.1, 0.15) is 30.1 Å². The molecule has 1 saturated heterocycles. The van der Waals surface area contributed by atoms with Gasteiger partial charge in [-0.15, -0.1) is 0 Å². The number of rotatable bonds is 4. The third-order valence-corrected chi connectivity index (χ3v) is 3.32. The van der Waals surface area contributed by atoms with Crippen molar-refractivity contribution in [3.05, 3.63) is 17.8 Å². The minimum atomic E-state index is -0.441. The van der Waals surface area contributed by atoms with Gasteiger partial charge >= 0.3 is 5.97 Å². The van der Waals surface area contributed by atoms with Crippen LogP contribution >= 0.6 is 0 Å². The maximum atomic E-state index is 11.8. The molecule has 2 heterocycles. The fraction of sp³-hybridized carbons (Fsp3) is 0.538. The smallest absolute Gasteiger partial charge is 0.340 e. The largest absolute Gasteiger partial charge is 0.462 e. The van der Waals surface area contributed by atoms with Gasteiger partial charge in [-0.25, -0.2) is 9.78 Å². The first-order valence-corrected chi connectivity index (χ1v) is 6.48. The number of nitrogen functional groups attached to an aromatic ring is 1. The number of hydrogen-bond donors (Lipinski definition) is 2. The van der Waals surface area contributed by atoms with E-state index >= 15 is 0 Å². The first-order chi connectivity index (χ1) is 9.19. The van der Waals surface area contributed by atoms with Gasteiger partial charge in [-0.05, 0) is 25.8 Å². The number of anilines is 2. The number of nitrogens with two attached hydrogens (primary N) is 1. The van der Waals surface area contributed by atoms with Crippen LogP contribution in [0.15, 0.2) is 12.3 Å². The van der Waals surface area contributed by atoms with E-state index in [4.69, 9.17) is 10.5 Å². The summed E-state index contributed by atoms with van der Waals surface area (Å²) in [6.07, 6.45) is 3.43. The molecule has 0 bridgehead atoms. The molecule has 0 aliphatic carbocycles. The molecule has 104 valence electrons. The van der Waals surface area contributed by atoms with Gasteiger partial charge in [0.1, 0.15) is 0 Å². The Hall–Kier alpha value is -1.82. The van der Waals surface area contributed by atoms with Gasteiger partial charge in [0.25, 0.3) is 0 Å². The summed E-state index contributed by atoms with van der Waals surface area (Å²) in [6, 6.07) is 1.58. The molecule has 1 atom stereocenters. The molecule has 0 radical (unpaired) electrons. The molecule has 1 fully saturated rings. The first kappa shape index (κ1) is 13.6. The number of aromatic nitrogens is 1. The zero-order chi connectivity index (χ0) is 13.8. The quantitative estimate of drug-likeness (QED) is 0.783. The van der Waals surface area contributed by atoms with Crippen LogP contribution in [-0.4, -0.2) is 41.9 Å². The maximum absolute atomic E-state index is 11.8. The Kier molecular flexibility index (Phi) is 4.21. The number of aliphatic hydroxyl groups is 1. The summed E-state index contributed by atoms with van der Waals surface area (Å²) >= 11 is 0. The number of esters is 1. The third-order valence-electron chi connectivity index (χ3n) is 3.32. The van der Waals surface area contributed by atoms with Gasteiger partial charge in [0.05, 0.1) is 30.5 Å². The number of pyridine rings is 1. The molecule has 3 N–H and O–H groups in total. The molecule has 0 aromatic carbocycles. The molecule has 6 heteroatoms. The Bertz CT molecular complexity index is 464. The van der Waals surface area contributed by atoms with E-state index in [9.17, 15) is 9.90 Å². The summed E-state index contributed by atoms with van der Waals surface area (Å²) in [5.41, 5.74) is 6.67. The second-order valence-corrected chi connectivity index (χ2v) is 4.49. The summed E-state index contributed by atoms with van der Waals surface area (Å²) in [4.78, 5) is 18.0. The molecule has 1 aliphatic heterocycles. The predicted octanol–water partition coefficient (Wildman–Crippen LogP) is 0.802. The number of hydrogen-bond acceptors (Lipinski definition) is 6. The van der Waals surface area contributed by atoms with Crippen molar-refractivity contribution in [2.75, 3.05) is 30.4 Å². The number of nitrogens with zero attached hydrogens (tertiary/aromatic N) is 2. The molecule has 6 nitrogen and oxygen atoms in total. The average molecular weight is 265 g/mol.